The van der Waals surface area contributed by atoms with Gasteiger partial charge in [0.05, 0.1) is 13.0 Å². The van der Waals surface area contributed by atoms with Gasteiger partial charge in [0.25, 0.3) is 0 Å². The molecule has 1 aliphatic rings. The van der Waals surface area contributed by atoms with Crippen LogP contribution in [0.5, 0.6) is 5.75 Å². The monoisotopic (exact) mass is 415 g/mol. The highest BCUT2D eigenvalue weighted by atomic mass is 16.5. The van der Waals surface area contributed by atoms with E-state index in [0.717, 1.165) is 54.9 Å². The van der Waals surface area contributed by atoms with Gasteiger partial charge in [0.15, 0.2) is 0 Å². The summed E-state index contributed by atoms with van der Waals surface area (Å²) in [6.07, 6.45) is 5.52. The van der Waals surface area contributed by atoms with Crippen molar-refractivity contribution in [2.45, 2.75) is 25.9 Å². The normalized spacial score (nSPS) is 16.6. The lowest BCUT2D eigenvalue weighted by molar-refractivity contribution is -0.126. The molecule has 160 valence electrons. The fourth-order valence-electron chi connectivity index (χ4n) is 4.23. The first-order chi connectivity index (χ1) is 15.2. The summed E-state index contributed by atoms with van der Waals surface area (Å²) in [6.45, 7) is 3.18. The van der Waals surface area contributed by atoms with Crippen LogP contribution in [0, 0.1) is 5.92 Å². The first kappa shape index (κ1) is 21.1. The van der Waals surface area contributed by atoms with Crippen LogP contribution in [0.15, 0.2) is 73.1 Å². The molecule has 0 aliphatic carbocycles. The molecule has 2 aromatic carbocycles. The largest absolute Gasteiger partial charge is 0.496 e. The number of carbonyl (C=O) groups excluding carboxylic acids is 1. The second-order valence-corrected chi connectivity index (χ2v) is 8.05. The van der Waals surface area contributed by atoms with E-state index in [-0.39, 0.29) is 11.8 Å². The van der Waals surface area contributed by atoms with Crippen molar-refractivity contribution in [2.75, 3.05) is 20.2 Å². The summed E-state index contributed by atoms with van der Waals surface area (Å²) in [4.78, 5) is 19.2. The summed E-state index contributed by atoms with van der Waals surface area (Å²) >= 11 is 0. The van der Waals surface area contributed by atoms with E-state index in [1.165, 1.54) is 5.56 Å². The van der Waals surface area contributed by atoms with Crippen LogP contribution in [0.2, 0.25) is 0 Å². The van der Waals surface area contributed by atoms with Crippen LogP contribution in [-0.4, -0.2) is 36.0 Å². The van der Waals surface area contributed by atoms with Crippen LogP contribution < -0.4 is 10.1 Å². The van der Waals surface area contributed by atoms with E-state index >= 15 is 0 Å². The number of para-hydroxylation sites is 1. The van der Waals surface area contributed by atoms with E-state index in [1.54, 1.807) is 19.5 Å². The van der Waals surface area contributed by atoms with Gasteiger partial charge in [-0.15, -0.1) is 0 Å². The third-order valence-electron chi connectivity index (χ3n) is 5.82. The lowest BCUT2D eigenvalue weighted by atomic mass is 9.96. The summed E-state index contributed by atoms with van der Waals surface area (Å²) < 4.78 is 5.53. The van der Waals surface area contributed by atoms with Gasteiger partial charge in [-0.2, -0.15) is 0 Å². The number of benzene rings is 2. The lowest BCUT2D eigenvalue weighted by Gasteiger charge is -2.32. The third kappa shape index (κ3) is 5.50. The molecule has 0 saturated carbocycles. The van der Waals surface area contributed by atoms with Crippen LogP contribution >= 0.6 is 0 Å². The third-order valence-corrected chi connectivity index (χ3v) is 5.82. The number of carbonyl (C=O) groups is 1. The SMILES string of the molecule is COc1ccccc1-c1cccc(CN2CCCC(C(=O)NCc3cccnc3)C2)c1. The van der Waals surface area contributed by atoms with Crippen molar-refractivity contribution in [3.05, 3.63) is 84.2 Å². The van der Waals surface area contributed by atoms with Gasteiger partial charge in [-0.25, -0.2) is 0 Å². The number of hydrogen-bond acceptors (Lipinski definition) is 4. The molecule has 31 heavy (non-hydrogen) atoms. The zero-order valence-corrected chi connectivity index (χ0v) is 18.0. The van der Waals surface area contributed by atoms with Crippen LogP contribution in [0.4, 0.5) is 0 Å². The Bertz CT molecular complexity index is 1010. The van der Waals surface area contributed by atoms with Crippen LogP contribution in [0.25, 0.3) is 11.1 Å². The summed E-state index contributed by atoms with van der Waals surface area (Å²) in [6, 6.07) is 20.6. The van der Waals surface area contributed by atoms with Gasteiger partial charge in [0, 0.05) is 37.6 Å². The lowest BCUT2D eigenvalue weighted by Crippen LogP contribution is -2.42. The molecule has 1 unspecified atom stereocenters. The van der Waals surface area contributed by atoms with Crippen molar-refractivity contribution in [2.24, 2.45) is 5.92 Å². The molecule has 0 spiro atoms. The van der Waals surface area contributed by atoms with Crippen molar-refractivity contribution < 1.29 is 9.53 Å². The van der Waals surface area contributed by atoms with E-state index < -0.39 is 0 Å². The molecule has 5 nitrogen and oxygen atoms in total. The number of hydrogen-bond donors (Lipinski definition) is 1. The summed E-state index contributed by atoms with van der Waals surface area (Å²) in [5.74, 6) is 1.04. The van der Waals surface area contributed by atoms with Crippen LogP contribution in [0.3, 0.4) is 0 Å². The van der Waals surface area contributed by atoms with Crippen molar-refractivity contribution in [3.8, 4) is 16.9 Å². The molecule has 0 radical (unpaired) electrons. The number of likely N-dealkylation sites (tertiary alicyclic amines) is 1. The molecule has 1 aromatic heterocycles. The maximum Gasteiger partial charge on any atom is 0.224 e. The van der Waals surface area contributed by atoms with Crippen molar-refractivity contribution in [1.82, 2.24) is 15.2 Å². The van der Waals surface area contributed by atoms with Gasteiger partial charge in [-0.1, -0.05) is 42.5 Å². The number of rotatable bonds is 7. The summed E-state index contributed by atoms with van der Waals surface area (Å²) in [7, 11) is 1.70. The predicted molar refractivity (Wildman–Crippen MR) is 123 cm³/mol. The number of piperidine rings is 1. The molecular weight excluding hydrogens is 386 g/mol. The van der Waals surface area contributed by atoms with E-state index in [1.807, 2.05) is 30.3 Å². The standard InChI is InChI=1S/C26H29N3O2/c1-31-25-12-3-2-11-24(25)22-9-4-7-20(15-22)18-29-14-6-10-23(19-29)26(30)28-17-21-8-5-13-27-16-21/h2-5,7-9,11-13,15-16,23H,6,10,14,17-19H2,1H3,(H,28,30). The van der Waals surface area contributed by atoms with E-state index in [0.29, 0.717) is 6.54 Å². The van der Waals surface area contributed by atoms with Gasteiger partial charge < -0.3 is 10.1 Å². The Labute approximate surface area is 184 Å². The van der Waals surface area contributed by atoms with E-state index in [4.69, 9.17) is 4.74 Å². The molecule has 1 fully saturated rings. The first-order valence-corrected chi connectivity index (χ1v) is 10.8. The maximum absolute atomic E-state index is 12.7. The second-order valence-electron chi connectivity index (χ2n) is 8.05. The molecule has 1 aliphatic heterocycles. The van der Waals surface area contributed by atoms with Crippen molar-refractivity contribution in [3.63, 3.8) is 0 Å². The van der Waals surface area contributed by atoms with Crippen LogP contribution in [0.1, 0.15) is 24.0 Å². The molecule has 0 bridgehead atoms. The van der Waals surface area contributed by atoms with Gasteiger partial charge >= 0.3 is 0 Å². The Balaban J connectivity index is 1.38. The van der Waals surface area contributed by atoms with Crippen molar-refractivity contribution >= 4 is 5.91 Å². The number of amides is 1. The molecule has 5 heteroatoms. The number of nitrogens with one attached hydrogen (secondary N) is 1. The number of ether oxygens (including phenoxy) is 1. The molecule has 1 atom stereocenters. The second kappa shape index (κ2) is 10.2. The van der Waals surface area contributed by atoms with Gasteiger partial charge in [-0.3, -0.25) is 14.7 Å². The molecule has 1 saturated heterocycles. The smallest absolute Gasteiger partial charge is 0.224 e. The fraction of sp³-hybridized carbons (Fsp3) is 0.308. The quantitative estimate of drug-likeness (QED) is 0.626. The minimum absolute atomic E-state index is 0.0304. The average molecular weight is 416 g/mol. The van der Waals surface area contributed by atoms with Crippen LogP contribution in [-0.2, 0) is 17.9 Å². The Morgan fingerprint density at radius 1 is 1.13 bits per heavy atom. The zero-order valence-electron chi connectivity index (χ0n) is 18.0. The Morgan fingerprint density at radius 3 is 2.84 bits per heavy atom. The number of pyridine rings is 1. The molecule has 2 heterocycles. The Morgan fingerprint density at radius 2 is 2.00 bits per heavy atom. The van der Waals surface area contributed by atoms with Crippen molar-refractivity contribution in [1.29, 1.82) is 0 Å². The molecule has 1 N–H and O–H groups in total. The predicted octanol–water partition coefficient (Wildman–Crippen LogP) is 4.29. The number of nitrogens with zero attached hydrogens (tertiary/aromatic N) is 2. The van der Waals surface area contributed by atoms with Gasteiger partial charge in [-0.05, 0) is 54.3 Å². The highest BCUT2D eigenvalue weighted by molar-refractivity contribution is 5.79. The summed E-state index contributed by atoms with van der Waals surface area (Å²) in [5.41, 5.74) is 4.52. The van der Waals surface area contributed by atoms with E-state index in [2.05, 4.69) is 45.5 Å². The number of aromatic nitrogens is 1. The number of methoxy groups -OCH3 is 1. The average Bonchev–Trinajstić information content (AvgIpc) is 2.83. The van der Waals surface area contributed by atoms with Gasteiger partial charge in [0.2, 0.25) is 5.91 Å². The highest BCUT2D eigenvalue weighted by Gasteiger charge is 2.25. The Kier molecular flexibility index (Phi) is 6.95. The first-order valence-electron chi connectivity index (χ1n) is 10.8. The highest BCUT2D eigenvalue weighted by Crippen LogP contribution is 2.30. The van der Waals surface area contributed by atoms with E-state index in [9.17, 15) is 4.79 Å². The zero-order chi connectivity index (χ0) is 21.5. The maximum atomic E-state index is 12.7. The molecule has 4 rings (SSSR count). The summed E-state index contributed by atoms with van der Waals surface area (Å²) in [5, 5.41) is 3.08. The molecule has 1 amide bonds. The van der Waals surface area contributed by atoms with Gasteiger partial charge in [0.1, 0.15) is 5.75 Å². The molecule has 3 aromatic rings. The molecular formula is C26H29N3O2. The Hall–Kier alpha value is -3.18. The fourth-order valence-corrected chi connectivity index (χ4v) is 4.23. The minimum atomic E-state index is 0.0304. The minimum Gasteiger partial charge on any atom is -0.496 e. The topological polar surface area (TPSA) is 54.5 Å².